The lowest BCUT2D eigenvalue weighted by Crippen LogP contribution is -2.31. The van der Waals surface area contributed by atoms with Crippen LogP contribution in [-0.2, 0) is 13.0 Å². The van der Waals surface area contributed by atoms with Crippen molar-refractivity contribution >= 4 is 17.4 Å². The predicted octanol–water partition coefficient (Wildman–Crippen LogP) is 7.37. The largest absolute Gasteiger partial charge is 0.491 e. The van der Waals surface area contributed by atoms with Crippen LogP contribution in [0, 0.1) is 19.8 Å². The zero-order valence-corrected chi connectivity index (χ0v) is 25.0. The normalized spacial score (nSPS) is 13.0. The molecule has 3 aromatic carbocycles. The molecule has 1 aliphatic heterocycles. The van der Waals surface area contributed by atoms with Crippen LogP contribution in [-0.4, -0.2) is 29.0 Å². The van der Waals surface area contributed by atoms with Gasteiger partial charge < -0.3 is 20.7 Å². The number of fused-ring (bicyclic) bond motifs is 1. The SMILES string of the molecule is Cc1ccc(C(C)C)cc1N1CCc2nn(-c3c(C)cccc3OCC(C)C)c(-c3ccc(NC(N)=O)cc3)c2C1. The molecule has 0 bridgehead atoms. The van der Waals surface area contributed by atoms with Gasteiger partial charge in [0.25, 0.3) is 0 Å². The molecular formula is C34H41N5O2. The number of hydrogen-bond acceptors (Lipinski definition) is 4. The van der Waals surface area contributed by atoms with Crippen molar-refractivity contribution in [3.8, 4) is 22.7 Å². The van der Waals surface area contributed by atoms with Crippen LogP contribution in [0.4, 0.5) is 16.2 Å². The minimum absolute atomic E-state index is 0.400. The number of urea groups is 1. The molecule has 1 aliphatic rings. The highest BCUT2D eigenvalue weighted by Crippen LogP contribution is 2.39. The van der Waals surface area contributed by atoms with Crippen LogP contribution in [0.2, 0.25) is 0 Å². The van der Waals surface area contributed by atoms with Crippen LogP contribution < -0.4 is 20.7 Å². The van der Waals surface area contributed by atoms with Gasteiger partial charge in [-0.15, -0.1) is 0 Å². The summed E-state index contributed by atoms with van der Waals surface area (Å²) in [4.78, 5) is 13.9. The van der Waals surface area contributed by atoms with E-state index in [1.165, 1.54) is 22.4 Å². The Bertz CT molecular complexity index is 1550. The van der Waals surface area contributed by atoms with E-state index in [1.807, 2.05) is 36.4 Å². The van der Waals surface area contributed by atoms with Gasteiger partial charge in [0.15, 0.2) is 0 Å². The summed E-state index contributed by atoms with van der Waals surface area (Å²) in [5, 5.41) is 7.90. The average Bonchev–Trinajstić information content (AvgIpc) is 3.30. The van der Waals surface area contributed by atoms with Gasteiger partial charge in [-0.1, -0.05) is 64.1 Å². The number of para-hydroxylation sites is 1. The van der Waals surface area contributed by atoms with E-state index in [0.717, 1.165) is 53.5 Å². The number of ether oxygens (including phenoxy) is 1. The number of rotatable bonds is 8. The van der Waals surface area contributed by atoms with E-state index < -0.39 is 6.03 Å². The molecule has 2 amide bonds. The molecule has 5 rings (SSSR count). The minimum Gasteiger partial charge on any atom is -0.491 e. The summed E-state index contributed by atoms with van der Waals surface area (Å²) < 4.78 is 8.41. The van der Waals surface area contributed by atoms with Crippen molar-refractivity contribution in [2.45, 2.75) is 60.4 Å². The van der Waals surface area contributed by atoms with E-state index in [-0.39, 0.29) is 0 Å². The Kier molecular flexibility index (Phi) is 8.06. The molecule has 7 heteroatoms. The van der Waals surface area contributed by atoms with Crippen molar-refractivity contribution in [1.82, 2.24) is 9.78 Å². The van der Waals surface area contributed by atoms with E-state index in [2.05, 4.69) is 80.7 Å². The first-order chi connectivity index (χ1) is 19.6. The smallest absolute Gasteiger partial charge is 0.316 e. The molecule has 0 saturated carbocycles. The fraction of sp³-hybridized carbons (Fsp3) is 0.353. The number of carbonyl (C=O) groups excluding carboxylic acids is 1. The molecule has 0 atom stereocenters. The number of benzene rings is 3. The van der Waals surface area contributed by atoms with Crippen molar-refractivity contribution in [2.24, 2.45) is 11.7 Å². The number of carbonyl (C=O) groups is 1. The Morgan fingerprint density at radius 2 is 1.78 bits per heavy atom. The lowest BCUT2D eigenvalue weighted by molar-refractivity contribution is 0.259. The number of aromatic nitrogens is 2. The number of amides is 2. The monoisotopic (exact) mass is 551 g/mol. The Morgan fingerprint density at radius 1 is 1.02 bits per heavy atom. The van der Waals surface area contributed by atoms with Crippen molar-refractivity contribution in [3.05, 3.63) is 88.6 Å². The van der Waals surface area contributed by atoms with Crippen LogP contribution in [0.1, 0.15) is 61.6 Å². The highest BCUT2D eigenvalue weighted by atomic mass is 16.5. The second kappa shape index (κ2) is 11.7. The van der Waals surface area contributed by atoms with Gasteiger partial charge in [-0.25, -0.2) is 9.48 Å². The summed E-state index contributed by atoms with van der Waals surface area (Å²) in [6, 6.07) is 20.2. The van der Waals surface area contributed by atoms with Gasteiger partial charge in [0.05, 0.1) is 18.0 Å². The molecule has 7 nitrogen and oxygen atoms in total. The zero-order chi connectivity index (χ0) is 29.3. The number of nitrogens with one attached hydrogen (secondary N) is 1. The maximum Gasteiger partial charge on any atom is 0.316 e. The molecule has 0 fully saturated rings. The van der Waals surface area contributed by atoms with Gasteiger partial charge in [0.1, 0.15) is 11.4 Å². The van der Waals surface area contributed by atoms with Gasteiger partial charge in [0.2, 0.25) is 0 Å². The second-order valence-corrected chi connectivity index (χ2v) is 11.8. The number of nitrogens with zero attached hydrogens (tertiary/aromatic N) is 3. The van der Waals surface area contributed by atoms with E-state index in [0.29, 0.717) is 24.1 Å². The van der Waals surface area contributed by atoms with Gasteiger partial charge >= 0.3 is 6.03 Å². The van der Waals surface area contributed by atoms with E-state index >= 15 is 0 Å². The molecule has 41 heavy (non-hydrogen) atoms. The number of hydrogen-bond donors (Lipinski definition) is 2. The summed E-state index contributed by atoms with van der Waals surface area (Å²) in [6.07, 6.45) is 0.843. The third-order valence-corrected chi connectivity index (χ3v) is 7.69. The quantitative estimate of drug-likeness (QED) is 0.239. The molecule has 0 saturated heterocycles. The molecular weight excluding hydrogens is 510 g/mol. The van der Waals surface area contributed by atoms with Crippen LogP contribution in [0.5, 0.6) is 5.75 Å². The van der Waals surface area contributed by atoms with Crippen LogP contribution in [0.25, 0.3) is 16.9 Å². The molecule has 0 aliphatic carbocycles. The fourth-order valence-electron chi connectivity index (χ4n) is 5.49. The third kappa shape index (κ3) is 5.94. The Labute approximate surface area is 243 Å². The molecule has 1 aromatic heterocycles. The fourth-order valence-corrected chi connectivity index (χ4v) is 5.49. The highest BCUT2D eigenvalue weighted by molar-refractivity contribution is 5.88. The molecule has 3 N–H and O–H groups in total. The lowest BCUT2D eigenvalue weighted by atomic mass is 9.97. The molecule has 0 spiro atoms. The van der Waals surface area contributed by atoms with Gasteiger partial charge in [-0.2, -0.15) is 5.10 Å². The van der Waals surface area contributed by atoms with Crippen molar-refractivity contribution in [1.29, 1.82) is 0 Å². The topological polar surface area (TPSA) is 85.4 Å². The highest BCUT2D eigenvalue weighted by Gasteiger charge is 2.29. The molecule has 0 radical (unpaired) electrons. The molecule has 214 valence electrons. The van der Waals surface area contributed by atoms with Gasteiger partial charge in [-0.3, -0.25) is 0 Å². The minimum atomic E-state index is -0.582. The first kappa shape index (κ1) is 28.3. The predicted molar refractivity (Wildman–Crippen MR) is 167 cm³/mol. The first-order valence-corrected chi connectivity index (χ1v) is 14.5. The first-order valence-electron chi connectivity index (χ1n) is 14.5. The maximum absolute atomic E-state index is 11.4. The second-order valence-electron chi connectivity index (χ2n) is 11.8. The van der Waals surface area contributed by atoms with E-state index in [4.69, 9.17) is 15.6 Å². The Hall–Kier alpha value is -4.26. The van der Waals surface area contributed by atoms with Crippen LogP contribution >= 0.6 is 0 Å². The standard InChI is InChI=1S/C34H41N5O2/c1-21(2)20-41-31-9-7-8-24(6)32(31)39-33(25-12-14-27(15-13-25)36-34(35)40)28-19-38(17-16-29(28)37-39)30-18-26(22(3)4)11-10-23(30)5/h7-15,18,21-22H,16-17,19-20H2,1-6H3,(H3,35,36,40). The summed E-state index contributed by atoms with van der Waals surface area (Å²) in [5.41, 5.74) is 16.3. The van der Waals surface area contributed by atoms with Gasteiger partial charge in [-0.05, 0) is 66.6 Å². The van der Waals surface area contributed by atoms with Crippen LogP contribution in [0.3, 0.4) is 0 Å². The number of aryl methyl sites for hydroxylation is 2. The number of primary amides is 1. The Balaban J connectivity index is 1.65. The Morgan fingerprint density at radius 3 is 2.46 bits per heavy atom. The third-order valence-electron chi connectivity index (χ3n) is 7.69. The summed E-state index contributed by atoms with van der Waals surface area (Å²) in [7, 11) is 0. The van der Waals surface area contributed by atoms with E-state index in [9.17, 15) is 4.79 Å². The molecule has 2 heterocycles. The molecule has 0 unspecified atom stereocenters. The lowest BCUT2D eigenvalue weighted by Gasteiger charge is -2.31. The summed E-state index contributed by atoms with van der Waals surface area (Å²) >= 11 is 0. The van der Waals surface area contributed by atoms with Crippen molar-refractivity contribution in [3.63, 3.8) is 0 Å². The molecule has 4 aromatic rings. The number of nitrogens with two attached hydrogens (primary N) is 1. The van der Waals surface area contributed by atoms with E-state index in [1.54, 1.807) is 0 Å². The maximum atomic E-state index is 11.4. The average molecular weight is 552 g/mol. The number of anilines is 2. The van der Waals surface area contributed by atoms with Crippen LogP contribution in [0.15, 0.2) is 60.7 Å². The zero-order valence-electron chi connectivity index (χ0n) is 25.0. The summed E-state index contributed by atoms with van der Waals surface area (Å²) in [5.74, 6) is 1.69. The van der Waals surface area contributed by atoms with Crippen molar-refractivity contribution in [2.75, 3.05) is 23.4 Å². The van der Waals surface area contributed by atoms with Gasteiger partial charge in [0, 0.05) is 42.0 Å². The van der Waals surface area contributed by atoms with Crippen molar-refractivity contribution < 1.29 is 9.53 Å². The summed E-state index contributed by atoms with van der Waals surface area (Å²) in [6.45, 7) is 15.4.